The van der Waals surface area contributed by atoms with Crippen molar-refractivity contribution >= 4 is 5.91 Å². The zero-order valence-electron chi connectivity index (χ0n) is 12.0. The highest BCUT2D eigenvalue weighted by Crippen LogP contribution is 2.08. The van der Waals surface area contributed by atoms with Crippen LogP contribution in [0, 0.1) is 13.8 Å². The lowest BCUT2D eigenvalue weighted by atomic mass is 10.2. The Morgan fingerprint density at radius 1 is 1.40 bits per heavy atom. The molecular formula is C14H18N4O2. The van der Waals surface area contributed by atoms with Gasteiger partial charge in [-0.1, -0.05) is 0 Å². The number of pyridine rings is 1. The number of carbonyl (C=O) groups excluding carboxylic acids is 1. The Morgan fingerprint density at radius 2 is 2.10 bits per heavy atom. The summed E-state index contributed by atoms with van der Waals surface area (Å²) in [7, 11) is 1.65. The van der Waals surface area contributed by atoms with E-state index in [0.717, 1.165) is 11.4 Å². The van der Waals surface area contributed by atoms with Crippen LogP contribution in [-0.2, 0) is 7.05 Å². The number of aryl methyl sites for hydroxylation is 2. The van der Waals surface area contributed by atoms with E-state index in [0.29, 0.717) is 5.82 Å². The van der Waals surface area contributed by atoms with Crippen LogP contribution in [0.15, 0.2) is 23.1 Å². The molecule has 2 heterocycles. The molecule has 0 bridgehead atoms. The van der Waals surface area contributed by atoms with E-state index in [4.69, 9.17) is 0 Å². The number of hydrogen-bond donors (Lipinski definition) is 2. The number of imidazole rings is 1. The number of aromatic nitrogens is 3. The van der Waals surface area contributed by atoms with Crippen molar-refractivity contribution in [3.8, 4) is 0 Å². The highest BCUT2D eigenvalue weighted by Gasteiger charge is 2.17. The molecule has 0 saturated carbocycles. The van der Waals surface area contributed by atoms with Crippen LogP contribution in [0.5, 0.6) is 0 Å². The SMILES string of the molecule is Cc1cnc([C@H](C)NC(=O)c2ccc(C)n(C)c2=O)[nH]1. The van der Waals surface area contributed by atoms with Gasteiger partial charge >= 0.3 is 0 Å². The normalized spacial score (nSPS) is 12.2. The molecule has 1 amide bonds. The van der Waals surface area contributed by atoms with Crippen LogP contribution in [-0.4, -0.2) is 20.4 Å². The fourth-order valence-electron chi connectivity index (χ4n) is 1.90. The number of amides is 1. The Kier molecular flexibility index (Phi) is 3.74. The van der Waals surface area contributed by atoms with Gasteiger partial charge in [-0.15, -0.1) is 0 Å². The first-order chi connectivity index (χ1) is 9.40. The number of nitrogens with zero attached hydrogens (tertiary/aromatic N) is 2. The van der Waals surface area contributed by atoms with Gasteiger partial charge in [-0.3, -0.25) is 9.59 Å². The van der Waals surface area contributed by atoms with Gasteiger partial charge in [0.05, 0.1) is 6.04 Å². The van der Waals surface area contributed by atoms with Crippen molar-refractivity contribution in [3.05, 3.63) is 51.5 Å². The fourth-order valence-corrected chi connectivity index (χ4v) is 1.90. The Balaban J connectivity index is 2.21. The van der Waals surface area contributed by atoms with E-state index in [9.17, 15) is 9.59 Å². The monoisotopic (exact) mass is 274 g/mol. The van der Waals surface area contributed by atoms with Gasteiger partial charge in [0.2, 0.25) is 0 Å². The number of nitrogens with one attached hydrogen (secondary N) is 2. The third kappa shape index (κ3) is 2.64. The van der Waals surface area contributed by atoms with Crippen molar-refractivity contribution in [2.24, 2.45) is 7.05 Å². The highest BCUT2D eigenvalue weighted by atomic mass is 16.2. The fraction of sp³-hybridized carbons (Fsp3) is 0.357. The summed E-state index contributed by atoms with van der Waals surface area (Å²) < 4.78 is 1.45. The first-order valence-corrected chi connectivity index (χ1v) is 6.39. The summed E-state index contributed by atoms with van der Waals surface area (Å²) >= 11 is 0. The lowest BCUT2D eigenvalue weighted by Crippen LogP contribution is -2.34. The Morgan fingerprint density at radius 3 is 2.70 bits per heavy atom. The van der Waals surface area contributed by atoms with Crippen molar-refractivity contribution in [2.45, 2.75) is 26.8 Å². The number of H-pyrrole nitrogens is 1. The lowest BCUT2D eigenvalue weighted by Gasteiger charge is -2.12. The van der Waals surface area contributed by atoms with E-state index in [-0.39, 0.29) is 17.2 Å². The molecule has 2 aromatic heterocycles. The van der Waals surface area contributed by atoms with Crippen LogP contribution < -0.4 is 10.9 Å². The van der Waals surface area contributed by atoms with Gasteiger partial charge in [-0.2, -0.15) is 0 Å². The summed E-state index contributed by atoms with van der Waals surface area (Å²) in [5.74, 6) is 0.270. The van der Waals surface area contributed by atoms with Gasteiger partial charge in [0.25, 0.3) is 11.5 Å². The molecule has 20 heavy (non-hydrogen) atoms. The molecule has 106 valence electrons. The molecule has 0 radical (unpaired) electrons. The van der Waals surface area contributed by atoms with Crippen LogP contribution >= 0.6 is 0 Å². The summed E-state index contributed by atoms with van der Waals surface area (Å²) in [4.78, 5) is 31.4. The number of hydrogen-bond acceptors (Lipinski definition) is 3. The molecule has 1 atom stereocenters. The quantitative estimate of drug-likeness (QED) is 0.883. The zero-order valence-corrected chi connectivity index (χ0v) is 12.0. The van der Waals surface area contributed by atoms with Gasteiger partial charge in [-0.25, -0.2) is 4.98 Å². The van der Waals surface area contributed by atoms with E-state index >= 15 is 0 Å². The Labute approximate surface area is 116 Å². The van der Waals surface area contributed by atoms with Crippen molar-refractivity contribution < 1.29 is 4.79 Å². The molecule has 2 N–H and O–H groups in total. The van der Waals surface area contributed by atoms with Gasteiger partial charge in [0.1, 0.15) is 11.4 Å². The summed E-state index contributed by atoms with van der Waals surface area (Å²) in [5, 5.41) is 2.77. The predicted molar refractivity (Wildman–Crippen MR) is 75.6 cm³/mol. The second-order valence-electron chi connectivity index (χ2n) is 4.90. The zero-order chi connectivity index (χ0) is 14.9. The van der Waals surface area contributed by atoms with Crippen LogP contribution in [0.2, 0.25) is 0 Å². The Bertz CT molecular complexity index is 699. The molecule has 0 saturated heterocycles. The number of aromatic amines is 1. The maximum Gasteiger partial charge on any atom is 0.263 e. The standard InChI is InChI=1S/C14H18N4O2/c1-8-7-15-12(16-8)10(3)17-13(19)11-6-5-9(2)18(4)14(11)20/h5-7,10H,1-4H3,(H,15,16)(H,17,19)/t10-/m0/s1. The molecule has 0 aromatic carbocycles. The van der Waals surface area contributed by atoms with Gasteiger partial charge < -0.3 is 14.9 Å². The summed E-state index contributed by atoms with van der Waals surface area (Å²) in [6.07, 6.45) is 1.70. The van der Waals surface area contributed by atoms with E-state index < -0.39 is 5.91 Å². The van der Waals surface area contributed by atoms with Crippen molar-refractivity contribution in [3.63, 3.8) is 0 Å². The van der Waals surface area contributed by atoms with Crippen molar-refractivity contribution in [1.82, 2.24) is 19.9 Å². The van der Waals surface area contributed by atoms with Crippen LogP contribution in [0.25, 0.3) is 0 Å². The predicted octanol–water partition coefficient (Wildman–Crippen LogP) is 1.22. The summed E-state index contributed by atoms with van der Waals surface area (Å²) in [6.45, 7) is 5.52. The van der Waals surface area contributed by atoms with E-state index in [2.05, 4.69) is 15.3 Å². The molecular weight excluding hydrogens is 256 g/mol. The van der Waals surface area contributed by atoms with Crippen LogP contribution in [0.3, 0.4) is 0 Å². The molecule has 0 spiro atoms. The maximum atomic E-state index is 12.2. The molecule has 0 fully saturated rings. The van der Waals surface area contributed by atoms with Gasteiger partial charge in [0.15, 0.2) is 0 Å². The van der Waals surface area contributed by atoms with Gasteiger partial charge in [-0.05, 0) is 32.9 Å². The smallest absolute Gasteiger partial charge is 0.263 e. The maximum absolute atomic E-state index is 12.2. The van der Waals surface area contributed by atoms with E-state index in [1.807, 2.05) is 20.8 Å². The first-order valence-electron chi connectivity index (χ1n) is 6.39. The number of carbonyl (C=O) groups is 1. The van der Waals surface area contributed by atoms with E-state index in [1.54, 1.807) is 25.4 Å². The Hall–Kier alpha value is -2.37. The number of rotatable bonds is 3. The molecule has 0 unspecified atom stereocenters. The molecule has 0 aliphatic heterocycles. The topological polar surface area (TPSA) is 79.8 Å². The molecule has 2 aromatic rings. The van der Waals surface area contributed by atoms with Crippen LogP contribution in [0.4, 0.5) is 0 Å². The minimum absolute atomic E-state index is 0.133. The summed E-state index contributed by atoms with van der Waals surface area (Å²) in [5.41, 5.74) is 1.56. The average molecular weight is 274 g/mol. The second kappa shape index (κ2) is 5.32. The highest BCUT2D eigenvalue weighted by molar-refractivity contribution is 5.94. The largest absolute Gasteiger partial charge is 0.344 e. The molecule has 2 rings (SSSR count). The van der Waals surface area contributed by atoms with Gasteiger partial charge in [0, 0.05) is 24.6 Å². The third-order valence-electron chi connectivity index (χ3n) is 3.28. The first kappa shape index (κ1) is 14.0. The second-order valence-corrected chi connectivity index (χ2v) is 4.90. The average Bonchev–Trinajstić information content (AvgIpc) is 2.82. The van der Waals surface area contributed by atoms with Crippen molar-refractivity contribution in [1.29, 1.82) is 0 Å². The molecule has 0 aliphatic carbocycles. The summed E-state index contributed by atoms with van der Waals surface area (Å²) in [6, 6.07) is 3.01. The van der Waals surface area contributed by atoms with Crippen molar-refractivity contribution in [2.75, 3.05) is 0 Å². The lowest BCUT2D eigenvalue weighted by molar-refractivity contribution is 0.0936. The molecule has 0 aliphatic rings. The van der Waals surface area contributed by atoms with E-state index in [1.165, 1.54) is 4.57 Å². The minimum atomic E-state index is -0.396. The van der Waals surface area contributed by atoms with Crippen LogP contribution in [0.1, 0.15) is 40.5 Å². The minimum Gasteiger partial charge on any atom is -0.344 e. The molecule has 6 heteroatoms. The molecule has 6 nitrogen and oxygen atoms in total. The third-order valence-corrected chi connectivity index (χ3v) is 3.28.